The van der Waals surface area contributed by atoms with Gasteiger partial charge in [-0.05, 0) is 35.6 Å². The Morgan fingerprint density at radius 1 is 1.00 bits per heavy atom. The van der Waals surface area contributed by atoms with Crippen LogP contribution in [0.4, 0.5) is 0 Å². The van der Waals surface area contributed by atoms with Gasteiger partial charge in [0.15, 0.2) is 0 Å². The van der Waals surface area contributed by atoms with Crippen molar-refractivity contribution in [2.75, 3.05) is 5.75 Å². The third-order valence-electron chi connectivity index (χ3n) is 5.67. The van der Waals surface area contributed by atoms with E-state index in [9.17, 15) is 9.59 Å². The second-order valence-electron chi connectivity index (χ2n) is 7.78. The highest BCUT2D eigenvalue weighted by atomic mass is 32.2. The molecule has 4 unspecified atom stereocenters. The molecule has 6 heteroatoms. The Bertz CT molecular complexity index is 885. The van der Waals surface area contributed by atoms with Crippen molar-refractivity contribution >= 4 is 51.2 Å². The Balaban J connectivity index is 1.81. The molecule has 3 nitrogen and oxygen atoms in total. The minimum absolute atomic E-state index is 0.00301. The smallest absolute Gasteiger partial charge is 0.318 e. The molecule has 164 valence electrons. The summed E-state index contributed by atoms with van der Waals surface area (Å²) in [7, 11) is 0. The van der Waals surface area contributed by atoms with Crippen molar-refractivity contribution in [1.29, 1.82) is 0 Å². The fraction of sp³-hybridized carbons (Fsp3) is 0.400. The molecule has 0 spiro atoms. The van der Waals surface area contributed by atoms with E-state index in [-0.39, 0.29) is 11.2 Å². The summed E-state index contributed by atoms with van der Waals surface area (Å²) in [6.07, 6.45) is 2.79. The van der Waals surface area contributed by atoms with Crippen LogP contribution in [0.2, 0.25) is 0 Å². The molecule has 1 aliphatic heterocycles. The zero-order chi connectivity index (χ0) is 22.2. The van der Waals surface area contributed by atoms with Gasteiger partial charge in [-0.1, -0.05) is 105 Å². The SMILES string of the molecule is CCCCSC(=S)SC(CC1C(=O)OC(=O)C1C(C)c1ccccc1)c1ccccc1. The first-order valence-corrected chi connectivity index (χ1v) is 13.0. The molecule has 0 bridgehead atoms. The molecule has 4 atom stereocenters. The topological polar surface area (TPSA) is 43.4 Å². The largest absolute Gasteiger partial charge is 0.393 e. The number of thiocarbonyl (C=S) groups is 1. The summed E-state index contributed by atoms with van der Waals surface area (Å²) >= 11 is 8.96. The zero-order valence-corrected chi connectivity index (χ0v) is 20.3. The van der Waals surface area contributed by atoms with Crippen molar-refractivity contribution in [3.63, 3.8) is 0 Å². The molecule has 2 aromatic rings. The average molecular weight is 473 g/mol. The normalized spacial score (nSPS) is 20.3. The third-order valence-corrected chi connectivity index (χ3v) is 8.62. The molecule has 2 aromatic carbocycles. The third kappa shape index (κ3) is 6.43. The van der Waals surface area contributed by atoms with Gasteiger partial charge in [-0.15, -0.1) is 11.8 Å². The van der Waals surface area contributed by atoms with Crippen molar-refractivity contribution < 1.29 is 14.3 Å². The summed E-state index contributed by atoms with van der Waals surface area (Å²) in [5.41, 5.74) is 2.16. The molecule has 1 fully saturated rings. The molecule has 1 saturated heterocycles. The number of esters is 2. The summed E-state index contributed by atoms with van der Waals surface area (Å²) in [4.78, 5) is 25.3. The van der Waals surface area contributed by atoms with Crippen LogP contribution in [0.1, 0.15) is 55.4 Å². The lowest BCUT2D eigenvalue weighted by molar-refractivity contribution is -0.154. The number of carbonyl (C=O) groups is 2. The number of cyclic esters (lactones) is 2. The molecule has 0 aromatic heterocycles. The van der Waals surface area contributed by atoms with E-state index in [4.69, 9.17) is 17.0 Å². The fourth-order valence-electron chi connectivity index (χ4n) is 3.91. The van der Waals surface area contributed by atoms with Crippen LogP contribution >= 0.6 is 35.7 Å². The van der Waals surface area contributed by atoms with Gasteiger partial charge >= 0.3 is 11.9 Å². The van der Waals surface area contributed by atoms with Crippen LogP contribution in [0.3, 0.4) is 0 Å². The zero-order valence-electron chi connectivity index (χ0n) is 17.9. The molecule has 0 N–H and O–H groups in total. The maximum Gasteiger partial charge on any atom is 0.318 e. The second-order valence-corrected chi connectivity index (χ2v) is 11.3. The van der Waals surface area contributed by atoms with Gasteiger partial charge in [-0.25, -0.2) is 0 Å². The predicted molar refractivity (Wildman–Crippen MR) is 134 cm³/mol. The molecule has 1 heterocycles. The fourth-order valence-corrected chi connectivity index (χ4v) is 6.81. The van der Waals surface area contributed by atoms with Gasteiger partial charge < -0.3 is 4.74 Å². The minimum atomic E-state index is -0.483. The van der Waals surface area contributed by atoms with Crippen LogP contribution in [0, 0.1) is 11.8 Å². The van der Waals surface area contributed by atoms with E-state index in [0.29, 0.717) is 6.42 Å². The van der Waals surface area contributed by atoms with Gasteiger partial charge in [-0.3, -0.25) is 9.59 Å². The van der Waals surface area contributed by atoms with Crippen LogP contribution in [0.15, 0.2) is 60.7 Å². The predicted octanol–water partition coefficient (Wildman–Crippen LogP) is 6.79. The molecule has 1 aliphatic rings. The number of ether oxygens (including phenoxy) is 1. The van der Waals surface area contributed by atoms with Crippen molar-refractivity contribution in [2.45, 2.75) is 44.3 Å². The Labute approximate surface area is 198 Å². The highest BCUT2D eigenvalue weighted by Gasteiger charge is 2.48. The van der Waals surface area contributed by atoms with Gasteiger partial charge in [0.2, 0.25) is 0 Å². The van der Waals surface area contributed by atoms with Crippen LogP contribution < -0.4 is 0 Å². The number of hydrogen-bond acceptors (Lipinski definition) is 6. The maximum atomic E-state index is 12.7. The van der Waals surface area contributed by atoms with E-state index in [0.717, 1.165) is 33.3 Å². The molecule has 3 rings (SSSR count). The van der Waals surface area contributed by atoms with Crippen molar-refractivity contribution in [3.8, 4) is 0 Å². The number of unbranched alkanes of at least 4 members (excludes halogenated alkanes) is 1. The Kier molecular flexibility index (Phi) is 9.17. The Hall–Kier alpha value is -1.63. The van der Waals surface area contributed by atoms with Crippen molar-refractivity contribution in [2.24, 2.45) is 11.8 Å². The standard InChI is InChI=1S/C25H28O3S3/c1-3-4-15-30-25(29)31-21(19-13-9-6-10-14-19)16-20-22(24(27)28-23(20)26)17(2)18-11-7-5-8-12-18/h5-14,17,20-22H,3-4,15-16H2,1-2H3. The van der Waals surface area contributed by atoms with E-state index >= 15 is 0 Å². The molecular formula is C25H28O3S3. The van der Waals surface area contributed by atoms with Gasteiger partial charge in [-0.2, -0.15) is 0 Å². The van der Waals surface area contributed by atoms with Crippen LogP contribution in [-0.2, 0) is 14.3 Å². The maximum absolute atomic E-state index is 12.7. The number of rotatable bonds is 9. The summed E-state index contributed by atoms with van der Waals surface area (Å²) in [5.74, 6) is -0.891. The molecule has 0 radical (unpaired) electrons. The highest BCUT2D eigenvalue weighted by molar-refractivity contribution is 8.47. The van der Waals surface area contributed by atoms with Crippen LogP contribution in [0.25, 0.3) is 0 Å². The van der Waals surface area contributed by atoms with E-state index in [1.54, 1.807) is 23.5 Å². The first kappa shape index (κ1) is 24.0. The summed E-state index contributed by atoms with van der Waals surface area (Å²) in [6.45, 7) is 4.17. The molecule has 0 aliphatic carbocycles. The van der Waals surface area contributed by atoms with E-state index in [2.05, 4.69) is 19.1 Å². The monoisotopic (exact) mass is 472 g/mol. The average Bonchev–Trinajstić information content (AvgIpc) is 3.06. The molecule has 31 heavy (non-hydrogen) atoms. The van der Waals surface area contributed by atoms with Crippen LogP contribution in [-0.4, -0.2) is 21.2 Å². The highest BCUT2D eigenvalue weighted by Crippen LogP contribution is 2.45. The lowest BCUT2D eigenvalue weighted by Crippen LogP contribution is -2.25. The van der Waals surface area contributed by atoms with Crippen molar-refractivity contribution in [1.82, 2.24) is 0 Å². The Morgan fingerprint density at radius 3 is 2.23 bits per heavy atom. The van der Waals surface area contributed by atoms with Crippen molar-refractivity contribution in [3.05, 3.63) is 71.8 Å². The second kappa shape index (κ2) is 11.8. The molecule has 0 amide bonds. The first-order valence-electron chi connectivity index (χ1n) is 10.7. The summed E-state index contributed by atoms with van der Waals surface area (Å²) < 4.78 is 6.01. The lowest BCUT2D eigenvalue weighted by atomic mass is 9.78. The quantitative estimate of drug-likeness (QED) is 0.173. The number of benzene rings is 2. The summed E-state index contributed by atoms with van der Waals surface area (Å²) in [5, 5.41) is -0.00301. The number of hydrogen-bond donors (Lipinski definition) is 0. The number of thioether (sulfide) groups is 2. The summed E-state index contributed by atoms with van der Waals surface area (Å²) in [6, 6.07) is 20.0. The van der Waals surface area contributed by atoms with Gasteiger partial charge in [0.05, 0.1) is 11.8 Å². The van der Waals surface area contributed by atoms with Gasteiger partial charge in [0, 0.05) is 5.25 Å². The number of carbonyl (C=O) groups excluding carboxylic acids is 2. The van der Waals surface area contributed by atoms with Gasteiger partial charge in [0.25, 0.3) is 0 Å². The van der Waals surface area contributed by atoms with E-state index in [1.807, 2.05) is 55.5 Å². The van der Waals surface area contributed by atoms with E-state index < -0.39 is 23.8 Å². The lowest BCUT2D eigenvalue weighted by Gasteiger charge is -2.25. The first-order chi connectivity index (χ1) is 15.0. The molecular weight excluding hydrogens is 444 g/mol. The molecule has 0 saturated carbocycles. The van der Waals surface area contributed by atoms with E-state index in [1.165, 1.54) is 0 Å². The van der Waals surface area contributed by atoms with Crippen LogP contribution in [0.5, 0.6) is 0 Å². The van der Waals surface area contributed by atoms with Gasteiger partial charge in [0.1, 0.15) is 3.53 Å². The minimum Gasteiger partial charge on any atom is -0.393 e. The Morgan fingerprint density at radius 2 is 1.61 bits per heavy atom.